The summed E-state index contributed by atoms with van der Waals surface area (Å²) < 4.78 is 5.57. The number of ether oxygens (including phenoxy) is 1. The molecule has 0 aliphatic carbocycles. The molecule has 23 heavy (non-hydrogen) atoms. The van der Waals surface area contributed by atoms with Gasteiger partial charge in [-0.25, -0.2) is 0 Å². The number of likely N-dealkylation sites (tertiary alicyclic amines) is 1. The zero-order valence-electron chi connectivity index (χ0n) is 13.6. The summed E-state index contributed by atoms with van der Waals surface area (Å²) in [6.45, 7) is 6.08. The maximum absolute atomic E-state index is 12.8. The molecule has 3 heterocycles. The van der Waals surface area contributed by atoms with E-state index < -0.39 is 0 Å². The van der Waals surface area contributed by atoms with Crippen LogP contribution in [-0.4, -0.2) is 58.4 Å². The van der Waals surface area contributed by atoms with Crippen LogP contribution in [0.4, 0.5) is 0 Å². The lowest BCUT2D eigenvalue weighted by Crippen LogP contribution is -2.52. The highest BCUT2D eigenvalue weighted by atomic mass is 16.5. The molecule has 3 atom stereocenters. The normalized spacial score (nSPS) is 28.3. The Morgan fingerprint density at radius 2 is 2.17 bits per heavy atom. The second-order valence-electron chi connectivity index (χ2n) is 6.48. The van der Waals surface area contributed by atoms with Crippen molar-refractivity contribution in [1.82, 2.24) is 14.8 Å². The van der Waals surface area contributed by atoms with E-state index in [9.17, 15) is 9.59 Å². The number of rotatable bonds is 3. The van der Waals surface area contributed by atoms with E-state index in [0.29, 0.717) is 32.7 Å². The van der Waals surface area contributed by atoms with Gasteiger partial charge in [0.05, 0.1) is 36.9 Å². The number of carbonyl (C=O) groups excluding carboxylic acids is 2. The number of hydrogen-bond acceptors (Lipinski definition) is 4. The Kier molecular flexibility index (Phi) is 4.61. The molecule has 2 saturated heterocycles. The van der Waals surface area contributed by atoms with Crippen LogP contribution in [0.2, 0.25) is 0 Å². The van der Waals surface area contributed by atoms with Crippen LogP contribution in [0.15, 0.2) is 24.4 Å². The van der Waals surface area contributed by atoms with E-state index in [0.717, 1.165) is 5.69 Å². The van der Waals surface area contributed by atoms with Crippen LogP contribution in [0.25, 0.3) is 0 Å². The monoisotopic (exact) mass is 317 g/mol. The van der Waals surface area contributed by atoms with Gasteiger partial charge in [-0.1, -0.05) is 6.07 Å². The highest BCUT2D eigenvalue weighted by molar-refractivity contribution is 5.89. The first-order valence-corrected chi connectivity index (χ1v) is 8.14. The van der Waals surface area contributed by atoms with Gasteiger partial charge in [0.25, 0.3) is 0 Å². The third-order valence-electron chi connectivity index (χ3n) is 4.53. The number of nitrogens with zero attached hydrogens (tertiary/aromatic N) is 3. The Morgan fingerprint density at radius 1 is 1.35 bits per heavy atom. The van der Waals surface area contributed by atoms with E-state index >= 15 is 0 Å². The van der Waals surface area contributed by atoms with E-state index in [1.54, 1.807) is 11.1 Å². The summed E-state index contributed by atoms with van der Waals surface area (Å²) in [4.78, 5) is 32.9. The summed E-state index contributed by atoms with van der Waals surface area (Å²) in [6, 6.07) is 5.72. The summed E-state index contributed by atoms with van der Waals surface area (Å²) in [5.74, 6) is -0.147. The van der Waals surface area contributed by atoms with Crippen molar-refractivity contribution in [2.75, 3.05) is 19.7 Å². The zero-order chi connectivity index (χ0) is 16.4. The van der Waals surface area contributed by atoms with E-state index in [4.69, 9.17) is 4.74 Å². The summed E-state index contributed by atoms with van der Waals surface area (Å²) in [5, 5.41) is 0. The number of amides is 2. The van der Waals surface area contributed by atoms with Crippen LogP contribution in [0.3, 0.4) is 0 Å². The molecule has 1 aromatic heterocycles. The van der Waals surface area contributed by atoms with Gasteiger partial charge >= 0.3 is 0 Å². The van der Waals surface area contributed by atoms with Crippen LogP contribution in [0.1, 0.15) is 26.0 Å². The lowest BCUT2D eigenvalue weighted by molar-refractivity contribution is -0.147. The second kappa shape index (κ2) is 6.66. The molecule has 6 heteroatoms. The first kappa shape index (κ1) is 15.9. The van der Waals surface area contributed by atoms with E-state index in [2.05, 4.69) is 4.98 Å². The van der Waals surface area contributed by atoms with Crippen LogP contribution in [0, 0.1) is 5.92 Å². The topological polar surface area (TPSA) is 62.7 Å². The van der Waals surface area contributed by atoms with Crippen molar-refractivity contribution in [3.63, 3.8) is 0 Å². The predicted octanol–water partition coefficient (Wildman–Crippen LogP) is 1.07. The van der Waals surface area contributed by atoms with E-state index in [1.165, 1.54) is 0 Å². The van der Waals surface area contributed by atoms with Crippen LogP contribution in [-0.2, 0) is 20.9 Å². The first-order chi connectivity index (χ1) is 11.0. The molecule has 0 saturated carbocycles. The Labute approximate surface area is 136 Å². The van der Waals surface area contributed by atoms with E-state index in [1.807, 2.05) is 36.9 Å². The minimum atomic E-state index is -0.251. The molecule has 1 aromatic rings. The van der Waals surface area contributed by atoms with Crippen molar-refractivity contribution in [2.45, 2.75) is 39.0 Å². The molecule has 6 nitrogen and oxygen atoms in total. The molecule has 0 aromatic carbocycles. The number of aromatic nitrogens is 1. The van der Waals surface area contributed by atoms with Crippen LogP contribution >= 0.6 is 0 Å². The molecule has 2 amide bonds. The SMILES string of the molecule is C[C@@H]1CN(C(=O)[C@H]2CC(=O)N(Cc3ccccn3)C2)[C@@H](C)CO1. The first-order valence-electron chi connectivity index (χ1n) is 8.14. The number of pyridine rings is 1. The number of carbonyl (C=O) groups is 2. The minimum Gasteiger partial charge on any atom is -0.375 e. The van der Waals surface area contributed by atoms with Crippen molar-refractivity contribution in [1.29, 1.82) is 0 Å². The number of morpholine rings is 1. The van der Waals surface area contributed by atoms with Crippen molar-refractivity contribution >= 4 is 11.8 Å². The third kappa shape index (κ3) is 3.52. The summed E-state index contributed by atoms with van der Waals surface area (Å²) in [7, 11) is 0. The van der Waals surface area contributed by atoms with Crippen molar-refractivity contribution in [3.05, 3.63) is 30.1 Å². The van der Waals surface area contributed by atoms with Crippen molar-refractivity contribution in [2.24, 2.45) is 5.92 Å². The largest absolute Gasteiger partial charge is 0.375 e. The van der Waals surface area contributed by atoms with Gasteiger partial charge in [0.1, 0.15) is 0 Å². The Balaban J connectivity index is 1.63. The maximum Gasteiger partial charge on any atom is 0.228 e. The molecule has 0 radical (unpaired) electrons. The van der Waals surface area contributed by atoms with Gasteiger partial charge in [0.2, 0.25) is 11.8 Å². The summed E-state index contributed by atoms with van der Waals surface area (Å²) in [5.41, 5.74) is 0.849. The molecular formula is C17H23N3O3. The molecular weight excluding hydrogens is 294 g/mol. The average molecular weight is 317 g/mol. The molecule has 0 unspecified atom stereocenters. The molecule has 3 rings (SSSR count). The van der Waals surface area contributed by atoms with Crippen molar-refractivity contribution < 1.29 is 14.3 Å². The molecule has 2 fully saturated rings. The summed E-state index contributed by atoms with van der Waals surface area (Å²) >= 11 is 0. The Bertz CT molecular complexity index is 578. The molecule has 2 aliphatic rings. The van der Waals surface area contributed by atoms with Gasteiger partial charge in [0.15, 0.2) is 0 Å². The van der Waals surface area contributed by atoms with Crippen LogP contribution in [0.5, 0.6) is 0 Å². The predicted molar refractivity (Wildman–Crippen MR) is 84.4 cm³/mol. The Hall–Kier alpha value is -1.95. The molecule has 124 valence electrons. The zero-order valence-corrected chi connectivity index (χ0v) is 13.6. The Morgan fingerprint density at radius 3 is 2.91 bits per heavy atom. The van der Waals surface area contributed by atoms with Gasteiger partial charge in [-0.3, -0.25) is 14.6 Å². The molecule has 0 spiro atoms. The third-order valence-corrected chi connectivity index (χ3v) is 4.53. The average Bonchev–Trinajstić information content (AvgIpc) is 2.91. The molecule has 0 N–H and O–H groups in total. The lowest BCUT2D eigenvalue weighted by atomic mass is 10.0. The molecule has 2 aliphatic heterocycles. The quantitative estimate of drug-likeness (QED) is 0.836. The van der Waals surface area contributed by atoms with Gasteiger partial charge < -0.3 is 14.5 Å². The highest BCUT2D eigenvalue weighted by Crippen LogP contribution is 2.24. The fraction of sp³-hybridized carbons (Fsp3) is 0.588. The number of hydrogen-bond donors (Lipinski definition) is 0. The van der Waals surface area contributed by atoms with Crippen LogP contribution < -0.4 is 0 Å². The van der Waals surface area contributed by atoms with Gasteiger partial charge in [-0.05, 0) is 26.0 Å². The van der Waals surface area contributed by atoms with Crippen molar-refractivity contribution in [3.8, 4) is 0 Å². The van der Waals surface area contributed by atoms with E-state index in [-0.39, 0.29) is 29.9 Å². The van der Waals surface area contributed by atoms with Gasteiger partial charge in [-0.15, -0.1) is 0 Å². The highest BCUT2D eigenvalue weighted by Gasteiger charge is 2.39. The second-order valence-corrected chi connectivity index (χ2v) is 6.48. The van der Waals surface area contributed by atoms with Gasteiger partial charge in [0, 0.05) is 25.7 Å². The fourth-order valence-corrected chi connectivity index (χ4v) is 3.22. The molecule has 0 bridgehead atoms. The standard InChI is InChI=1S/C17H23N3O3/c1-12-11-23-13(2)8-20(12)17(22)14-7-16(21)19(9-14)10-15-5-3-4-6-18-15/h3-6,12-14H,7-11H2,1-2H3/t12-,13+,14-/m0/s1. The summed E-state index contributed by atoms with van der Waals surface area (Å²) in [6.07, 6.45) is 2.07. The fourth-order valence-electron chi connectivity index (χ4n) is 3.22. The maximum atomic E-state index is 12.8. The lowest BCUT2D eigenvalue weighted by Gasteiger charge is -2.38. The smallest absolute Gasteiger partial charge is 0.228 e. The van der Waals surface area contributed by atoms with Gasteiger partial charge in [-0.2, -0.15) is 0 Å². The minimum absolute atomic E-state index is 0.0305.